The topological polar surface area (TPSA) is 0 Å². The summed E-state index contributed by atoms with van der Waals surface area (Å²) >= 11 is -4.89. The molecule has 4 aromatic carbocycles. The molecule has 2 unspecified atom stereocenters. The van der Waals surface area contributed by atoms with Crippen molar-refractivity contribution in [1.29, 1.82) is 0 Å². The third-order valence-electron chi connectivity index (χ3n) is 12.5. The third kappa shape index (κ3) is 7.63. The first-order valence-corrected chi connectivity index (χ1v) is 36.9. The summed E-state index contributed by atoms with van der Waals surface area (Å²) in [5.41, 5.74) is 16.6. The second-order valence-corrected chi connectivity index (χ2v) is 58.5. The number of hydrogen-bond donors (Lipinski definition) is 0. The summed E-state index contributed by atoms with van der Waals surface area (Å²) in [5, 5.41) is 0. The van der Waals surface area contributed by atoms with Crippen molar-refractivity contribution in [3.05, 3.63) is 129 Å². The molecule has 0 fully saturated rings. The Balaban J connectivity index is 1.54. The Labute approximate surface area is 324 Å². The van der Waals surface area contributed by atoms with E-state index >= 15 is 0 Å². The number of halogens is 2. The van der Waals surface area contributed by atoms with E-state index in [1.165, 1.54) is 118 Å². The second-order valence-electron chi connectivity index (χ2n) is 16.0. The van der Waals surface area contributed by atoms with Crippen LogP contribution in [0.25, 0.3) is 34.4 Å². The van der Waals surface area contributed by atoms with Gasteiger partial charge in [-0.15, -0.1) is 0 Å². The van der Waals surface area contributed by atoms with Gasteiger partial charge in [0.15, 0.2) is 0 Å². The van der Waals surface area contributed by atoms with Crippen LogP contribution in [-0.2, 0) is 28.4 Å². The van der Waals surface area contributed by atoms with Crippen LogP contribution in [-0.4, -0.2) is 5.92 Å². The predicted octanol–water partition coefficient (Wildman–Crippen LogP) is 15.6. The average Bonchev–Trinajstić information content (AvgIpc) is 3.75. The van der Waals surface area contributed by atoms with E-state index < -0.39 is 21.5 Å². The molecule has 0 radical (unpaired) electrons. The first-order valence-electron chi connectivity index (χ1n) is 20.6. The zero-order valence-electron chi connectivity index (χ0n) is 32.7. The van der Waals surface area contributed by atoms with Crippen molar-refractivity contribution in [1.82, 2.24) is 0 Å². The Bertz CT molecular complexity index is 1770. The zero-order valence-corrected chi connectivity index (χ0v) is 37.8. The summed E-state index contributed by atoms with van der Waals surface area (Å²) in [4.78, 5) is 0. The van der Waals surface area contributed by atoms with Crippen LogP contribution >= 0.6 is 17.0 Å². The molecule has 0 amide bonds. The van der Waals surface area contributed by atoms with Crippen molar-refractivity contribution in [3.63, 3.8) is 0 Å². The van der Waals surface area contributed by atoms with Gasteiger partial charge in [-0.3, -0.25) is 0 Å². The molecule has 0 heterocycles. The van der Waals surface area contributed by atoms with Crippen LogP contribution in [0.5, 0.6) is 0 Å². The van der Waals surface area contributed by atoms with Crippen molar-refractivity contribution in [2.45, 2.75) is 125 Å². The van der Waals surface area contributed by atoms with Gasteiger partial charge in [-0.2, -0.15) is 0 Å². The Morgan fingerprint density at radius 2 is 0.923 bits per heavy atom. The van der Waals surface area contributed by atoms with Gasteiger partial charge in [-0.05, 0) is 0 Å². The van der Waals surface area contributed by atoms with E-state index in [0.717, 1.165) is 25.7 Å². The van der Waals surface area contributed by atoms with Crippen LogP contribution in [0.15, 0.2) is 96.1 Å². The Morgan fingerprint density at radius 3 is 1.27 bits per heavy atom. The van der Waals surface area contributed by atoms with Gasteiger partial charge >= 0.3 is 327 Å². The molecule has 0 spiro atoms. The fraction of sp³-hybridized carbons (Fsp3) is 0.417. The molecule has 52 heavy (non-hydrogen) atoms. The van der Waals surface area contributed by atoms with Crippen LogP contribution in [0, 0.1) is 0 Å². The fourth-order valence-corrected chi connectivity index (χ4v) is 40.9. The van der Waals surface area contributed by atoms with Gasteiger partial charge in [-0.1, -0.05) is 0 Å². The Morgan fingerprint density at radius 1 is 0.519 bits per heavy atom. The van der Waals surface area contributed by atoms with E-state index in [1.54, 1.807) is 0 Å². The van der Waals surface area contributed by atoms with E-state index in [1.807, 2.05) is 0 Å². The quantitative estimate of drug-likeness (QED) is 0.0735. The fourth-order valence-electron chi connectivity index (χ4n) is 9.35. The number of allylic oxidation sites excluding steroid dienone is 2. The summed E-state index contributed by atoms with van der Waals surface area (Å²) in [6, 6.07) is 32.5. The molecule has 6 rings (SSSR count). The van der Waals surface area contributed by atoms with Crippen LogP contribution in [0.4, 0.5) is 0 Å². The van der Waals surface area contributed by atoms with Crippen molar-refractivity contribution in [2.75, 3.05) is 0 Å². The third-order valence-corrected chi connectivity index (χ3v) is 64.3. The summed E-state index contributed by atoms with van der Waals surface area (Å²) in [7, 11) is 17.8. The number of hydrogen-bond acceptors (Lipinski definition) is 0. The zero-order chi connectivity index (χ0) is 36.9. The number of benzene rings is 4. The average molecular weight is 828 g/mol. The van der Waals surface area contributed by atoms with Crippen molar-refractivity contribution in [3.8, 4) is 22.3 Å². The van der Waals surface area contributed by atoms with Gasteiger partial charge in [0.1, 0.15) is 0 Å². The molecule has 0 saturated heterocycles. The molecule has 4 heteroatoms. The standard InChI is InChI=1S/2C23H27.C2H7Si.2ClH.Zr/c2*1-3-5-6-7-9-19-16-21-10-8-11-22(23(21)17-19)20-14-12-18(4-2)13-15-20;1-3-2;;;/h2*8,10-17H,3-7,9H2,1-2H3;3H,1-2H3;2*1H;/q;;;;;+2/p-2. The summed E-state index contributed by atoms with van der Waals surface area (Å²) in [5.74, 6) is -1.65. The molecule has 0 saturated carbocycles. The molecule has 4 aromatic rings. The molecular weight excluding hydrogens is 767 g/mol. The summed E-state index contributed by atoms with van der Waals surface area (Å²) < 4.78 is 0.260. The van der Waals surface area contributed by atoms with Crippen LogP contribution in [0.1, 0.15) is 133 Å². The molecule has 0 aliphatic heterocycles. The molecule has 0 aromatic heterocycles. The summed E-state index contributed by atoms with van der Waals surface area (Å²) in [6.45, 7) is 14.1. The van der Waals surface area contributed by atoms with E-state index in [0.29, 0.717) is 0 Å². The minimum absolute atomic E-state index is 0.130. The first-order chi connectivity index (χ1) is 25.2. The van der Waals surface area contributed by atoms with E-state index in [4.69, 9.17) is 17.0 Å². The van der Waals surface area contributed by atoms with Crippen molar-refractivity contribution >= 4 is 35.1 Å². The Hall–Kier alpha value is -1.96. The molecular formula is C48H61Cl2SiZr. The molecule has 0 N–H and O–H groups in total. The van der Waals surface area contributed by atoms with Gasteiger partial charge < -0.3 is 0 Å². The van der Waals surface area contributed by atoms with E-state index in [-0.39, 0.29) is 7.25 Å². The number of rotatable bonds is 17. The number of aryl methyl sites for hydroxylation is 2. The molecule has 0 nitrogen and oxygen atoms in total. The maximum absolute atomic E-state index is 8.90. The molecule has 275 valence electrons. The van der Waals surface area contributed by atoms with Gasteiger partial charge in [-0.25, -0.2) is 0 Å². The maximum atomic E-state index is 8.90. The predicted molar refractivity (Wildman–Crippen MR) is 232 cm³/mol. The van der Waals surface area contributed by atoms with Crippen molar-refractivity contribution in [2.24, 2.45) is 0 Å². The van der Waals surface area contributed by atoms with Crippen molar-refractivity contribution < 1.29 is 15.6 Å². The first kappa shape index (κ1) is 39.7. The monoisotopic (exact) mass is 825 g/mol. The number of fused-ring (bicyclic) bond motifs is 2. The molecule has 2 atom stereocenters. The van der Waals surface area contributed by atoms with Gasteiger partial charge in [0.2, 0.25) is 0 Å². The number of unbranched alkanes of at least 4 members (excludes halogenated alkanes) is 6. The van der Waals surface area contributed by atoms with E-state index in [2.05, 4.69) is 138 Å². The Kier molecular flexibility index (Phi) is 13.2. The normalized spacial score (nSPS) is 17.4. The van der Waals surface area contributed by atoms with E-state index in [9.17, 15) is 0 Å². The second kappa shape index (κ2) is 17.2. The summed E-state index contributed by atoms with van der Waals surface area (Å²) in [6.07, 6.45) is 19.3. The SMILES string of the molecule is CCCCCCC1=Cc2c(-c3ccc(CC)cc3)cccc2[CH]1[Zr]([Cl])([Cl])([CH]1C(CCCCCC)=Cc2c(-c3ccc(CC)cc3)cccc21)[SiH](C)C. The van der Waals surface area contributed by atoms with Gasteiger partial charge in [0.05, 0.1) is 0 Å². The van der Waals surface area contributed by atoms with Crippen LogP contribution in [0.3, 0.4) is 0 Å². The van der Waals surface area contributed by atoms with Crippen LogP contribution < -0.4 is 0 Å². The minimum atomic E-state index is -4.89. The van der Waals surface area contributed by atoms with Crippen LogP contribution in [0.2, 0.25) is 13.1 Å². The molecule has 2 aliphatic carbocycles. The van der Waals surface area contributed by atoms with Gasteiger partial charge in [0, 0.05) is 0 Å². The molecule has 0 bridgehead atoms. The van der Waals surface area contributed by atoms with Gasteiger partial charge in [0.25, 0.3) is 0 Å². The molecule has 2 aliphatic rings.